The molecule has 3 amide bonds. The largest absolute Gasteiger partial charge is 0.356 e. The number of hydrogen-bond donors (Lipinski definition) is 3. The molecule has 0 atom stereocenters. The summed E-state index contributed by atoms with van der Waals surface area (Å²) < 4.78 is 0. The van der Waals surface area contributed by atoms with Crippen LogP contribution in [0.2, 0.25) is 0 Å². The van der Waals surface area contributed by atoms with E-state index in [0.717, 1.165) is 66.1 Å². The number of carbonyl (C=O) groups is 3. The van der Waals surface area contributed by atoms with E-state index in [2.05, 4.69) is 66.5 Å². The Bertz CT molecular complexity index is 1320. The van der Waals surface area contributed by atoms with Crippen molar-refractivity contribution >= 4 is 39.5 Å². The van der Waals surface area contributed by atoms with Crippen molar-refractivity contribution in [3.8, 4) is 0 Å². The van der Waals surface area contributed by atoms with Crippen LogP contribution in [0.4, 0.5) is 0 Å². The minimum absolute atomic E-state index is 0.00736. The Morgan fingerprint density at radius 1 is 0.923 bits per heavy atom. The molecular weight excluding hydrogens is 490 g/mol. The summed E-state index contributed by atoms with van der Waals surface area (Å²) in [4.78, 5) is 46.6. The van der Waals surface area contributed by atoms with Crippen LogP contribution in [-0.4, -0.2) is 58.8 Å². The molecule has 0 aliphatic carbocycles. The third-order valence-corrected chi connectivity index (χ3v) is 7.75. The Balaban J connectivity index is 1.17. The number of H-pyrrole nitrogens is 1. The van der Waals surface area contributed by atoms with Crippen molar-refractivity contribution in [3.05, 3.63) is 42.2 Å². The Morgan fingerprint density at radius 3 is 2.44 bits per heavy atom. The van der Waals surface area contributed by atoms with Gasteiger partial charge in [-0.1, -0.05) is 39.8 Å². The highest BCUT2D eigenvalue weighted by atomic mass is 16.2. The first-order valence-corrected chi connectivity index (χ1v) is 14.2. The third-order valence-electron chi connectivity index (χ3n) is 7.75. The predicted octanol–water partition coefficient (Wildman–Crippen LogP) is 4.73. The van der Waals surface area contributed by atoms with E-state index in [1.54, 1.807) is 6.20 Å². The predicted molar refractivity (Wildman–Crippen MR) is 155 cm³/mol. The molecule has 1 aliphatic rings. The fourth-order valence-corrected chi connectivity index (χ4v) is 5.87. The van der Waals surface area contributed by atoms with Gasteiger partial charge in [-0.3, -0.25) is 19.4 Å². The van der Waals surface area contributed by atoms with Crippen molar-refractivity contribution in [2.45, 2.75) is 72.6 Å². The SMILES string of the molecule is CC(C)(CCC(=O)NCC(=O)N1CCCC1)CC(C)(C)CNC(=O)CCc1ccc2c(c1)[nH]c1ccncc12. The molecule has 1 saturated heterocycles. The van der Waals surface area contributed by atoms with Gasteiger partial charge in [0.2, 0.25) is 17.7 Å². The number of nitrogens with zero attached hydrogens (tertiary/aromatic N) is 2. The summed E-state index contributed by atoms with van der Waals surface area (Å²) in [6.45, 7) is 10.9. The monoisotopic (exact) mass is 533 g/mol. The molecule has 0 spiro atoms. The molecule has 39 heavy (non-hydrogen) atoms. The molecule has 1 fully saturated rings. The van der Waals surface area contributed by atoms with Gasteiger partial charge in [-0.15, -0.1) is 0 Å². The van der Waals surface area contributed by atoms with Crippen LogP contribution in [0.1, 0.15) is 71.8 Å². The van der Waals surface area contributed by atoms with E-state index in [1.807, 2.05) is 17.2 Å². The number of aromatic nitrogens is 2. The summed E-state index contributed by atoms with van der Waals surface area (Å²) in [5, 5.41) is 8.16. The lowest BCUT2D eigenvalue weighted by molar-refractivity contribution is -0.132. The standard InChI is InChI=1S/C31H43N5O3/c1-30(2,13-11-28(38)33-19-29(39)36-15-5-6-16-36)20-31(3,4)21-34-27(37)10-8-22-7-9-23-24-18-32-14-12-25(24)35-26(23)17-22/h7,9,12,14,17-18,35H,5-6,8,10-11,13,15-16,19-21H2,1-4H3,(H,33,38)(H,34,37). The van der Waals surface area contributed by atoms with Crippen LogP contribution >= 0.6 is 0 Å². The van der Waals surface area contributed by atoms with E-state index in [1.165, 1.54) is 0 Å². The first-order valence-electron chi connectivity index (χ1n) is 14.2. The van der Waals surface area contributed by atoms with Crippen LogP contribution in [0, 0.1) is 10.8 Å². The number of likely N-dealkylation sites (tertiary alicyclic amines) is 1. The number of benzene rings is 1. The number of aryl methyl sites for hydroxylation is 1. The lowest BCUT2D eigenvalue weighted by Gasteiger charge is -2.35. The van der Waals surface area contributed by atoms with Crippen LogP contribution < -0.4 is 10.6 Å². The molecule has 4 rings (SSSR count). The number of aromatic amines is 1. The maximum Gasteiger partial charge on any atom is 0.241 e. The van der Waals surface area contributed by atoms with Gasteiger partial charge in [0.15, 0.2) is 0 Å². The van der Waals surface area contributed by atoms with E-state index in [0.29, 0.717) is 25.8 Å². The molecule has 3 heterocycles. The molecular formula is C31H43N5O3. The number of amides is 3. The molecule has 2 aromatic heterocycles. The number of pyridine rings is 1. The van der Waals surface area contributed by atoms with Crippen molar-refractivity contribution < 1.29 is 14.4 Å². The summed E-state index contributed by atoms with van der Waals surface area (Å²) in [6, 6.07) is 8.27. The molecule has 210 valence electrons. The van der Waals surface area contributed by atoms with Crippen molar-refractivity contribution in [2.24, 2.45) is 10.8 Å². The minimum Gasteiger partial charge on any atom is -0.356 e. The molecule has 8 heteroatoms. The Labute approximate surface area is 231 Å². The van der Waals surface area contributed by atoms with Crippen molar-refractivity contribution in [1.82, 2.24) is 25.5 Å². The van der Waals surface area contributed by atoms with Crippen LogP contribution in [0.5, 0.6) is 0 Å². The zero-order valence-corrected chi connectivity index (χ0v) is 23.9. The Kier molecular flexibility index (Phi) is 8.93. The van der Waals surface area contributed by atoms with Crippen LogP contribution in [0.15, 0.2) is 36.7 Å². The molecule has 0 radical (unpaired) electrons. The van der Waals surface area contributed by atoms with Gasteiger partial charge < -0.3 is 20.5 Å². The maximum absolute atomic E-state index is 12.7. The Morgan fingerprint density at radius 2 is 1.67 bits per heavy atom. The lowest BCUT2D eigenvalue weighted by atomic mass is 9.72. The maximum atomic E-state index is 12.7. The summed E-state index contributed by atoms with van der Waals surface area (Å²) in [5.74, 6) is -0.0270. The molecule has 0 bridgehead atoms. The zero-order valence-electron chi connectivity index (χ0n) is 23.9. The highest BCUT2D eigenvalue weighted by molar-refractivity contribution is 6.06. The van der Waals surface area contributed by atoms with Gasteiger partial charge in [0, 0.05) is 66.7 Å². The summed E-state index contributed by atoms with van der Waals surface area (Å²) >= 11 is 0. The fourth-order valence-electron chi connectivity index (χ4n) is 5.87. The van der Waals surface area contributed by atoms with Gasteiger partial charge in [-0.25, -0.2) is 0 Å². The second kappa shape index (κ2) is 12.2. The molecule has 3 aromatic rings. The highest BCUT2D eigenvalue weighted by Gasteiger charge is 2.30. The number of rotatable bonds is 12. The van der Waals surface area contributed by atoms with E-state index in [9.17, 15) is 14.4 Å². The third kappa shape index (κ3) is 8.04. The average Bonchev–Trinajstić information content (AvgIpc) is 3.56. The number of hydrogen-bond acceptors (Lipinski definition) is 4. The number of fused-ring (bicyclic) bond motifs is 3. The van der Waals surface area contributed by atoms with E-state index in [4.69, 9.17) is 0 Å². The van der Waals surface area contributed by atoms with Gasteiger partial charge >= 0.3 is 0 Å². The van der Waals surface area contributed by atoms with Crippen LogP contribution in [0.25, 0.3) is 21.8 Å². The van der Waals surface area contributed by atoms with Gasteiger partial charge in [-0.05, 0) is 60.6 Å². The molecule has 8 nitrogen and oxygen atoms in total. The van der Waals surface area contributed by atoms with Gasteiger partial charge in [-0.2, -0.15) is 0 Å². The Hall–Kier alpha value is -3.42. The van der Waals surface area contributed by atoms with E-state index < -0.39 is 0 Å². The second-order valence-corrected chi connectivity index (χ2v) is 12.6. The minimum atomic E-state index is -0.112. The smallest absolute Gasteiger partial charge is 0.241 e. The molecule has 0 saturated carbocycles. The zero-order chi connectivity index (χ0) is 28.0. The molecule has 3 N–H and O–H groups in total. The first-order chi connectivity index (χ1) is 18.5. The van der Waals surface area contributed by atoms with Crippen molar-refractivity contribution in [2.75, 3.05) is 26.2 Å². The topological polar surface area (TPSA) is 107 Å². The molecule has 1 aromatic carbocycles. The molecule has 1 aliphatic heterocycles. The number of carbonyl (C=O) groups excluding carboxylic acids is 3. The lowest BCUT2D eigenvalue weighted by Crippen LogP contribution is -2.39. The van der Waals surface area contributed by atoms with Crippen LogP contribution in [0.3, 0.4) is 0 Å². The first kappa shape index (κ1) is 28.6. The summed E-state index contributed by atoms with van der Waals surface area (Å²) in [6.07, 6.45) is 8.83. The van der Waals surface area contributed by atoms with E-state index >= 15 is 0 Å². The number of nitrogens with one attached hydrogen (secondary N) is 3. The average molecular weight is 534 g/mol. The van der Waals surface area contributed by atoms with Crippen LogP contribution in [-0.2, 0) is 20.8 Å². The van der Waals surface area contributed by atoms with Crippen molar-refractivity contribution in [1.29, 1.82) is 0 Å². The fraction of sp³-hybridized carbons (Fsp3) is 0.548. The molecule has 0 unspecified atom stereocenters. The van der Waals surface area contributed by atoms with Gasteiger partial charge in [0.25, 0.3) is 0 Å². The summed E-state index contributed by atoms with van der Waals surface area (Å²) in [7, 11) is 0. The summed E-state index contributed by atoms with van der Waals surface area (Å²) in [5.41, 5.74) is 3.06. The quantitative estimate of drug-likeness (QED) is 0.313. The van der Waals surface area contributed by atoms with E-state index in [-0.39, 0.29) is 35.1 Å². The van der Waals surface area contributed by atoms with Gasteiger partial charge in [0.05, 0.1) is 6.54 Å². The normalized spacial score (nSPS) is 14.2. The highest BCUT2D eigenvalue weighted by Crippen LogP contribution is 2.36. The second-order valence-electron chi connectivity index (χ2n) is 12.6. The van der Waals surface area contributed by atoms with Crippen molar-refractivity contribution in [3.63, 3.8) is 0 Å². The van der Waals surface area contributed by atoms with Gasteiger partial charge in [0.1, 0.15) is 0 Å².